The summed E-state index contributed by atoms with van der Waals surface area (Å²) in [5.74, 6) is 0. The van der Waals surface area contributed by atoms with Gasteiger partial charge in [0.2, 0.25) is 0 Å². The Kier molecular flexibility index (Phi) is 11.1. The number of hydrogen-bond acceptors (Lipinski definition) is 1. The van der Waals surface area contributed by atoms with Crippen LogP contribution in [0.3, 0.4) is 0 Å². The third kappa shape index (κ3) is 6.35. The minimum atomic E-state index is 0.868. The molecule has 0 amide bonds. The molecule has 1 aliphatic rings. The van der Waals surface area contributed by atoms with Crippen LogP contribution in [0.15, 0.2) is 170 Å². The van der Waals surface area contributed by atoms with Gasteiger partial charge in [0.15, 0.2) is 0 Å². The van der Waals surface area contributed by atoms with Crippen molar-refractivity contribution in [1.29, 1.82) is 0 Å². The molecule has 4 aromatic carbocycles. The van der Waals surface area contributed by atoms with E-state index in [4.69, 9.17) is 6.58 Å². The Labute approximate surface area is 286 Å². The molecular weight excluding hydrogens is 581 g/mol. The van der Waals surface area contributed by atoms with Crippen molar-refractivity contribution in [1.82, 2.24) is 4.57 Å². The Morgan fingerprint density at radius 1 is 0.792 bits per heavy atom. The zero-order valence-corrected chi connectivity index (χ0v) is 28.9. The molecule has 2 nitrogen and oxygen atoms in total. The maximum Gasteiger partial charge on any atom is 0.0627 e. The summed E-state index contributed by atoms with van der Waals surface area (Å²) < 4.78 is 2.38. The second-order valence-corrected chi connectivity index (χ2v) is 11.3. The van der Waals surface area contributed by atoms with E-state index in [2.05, 4.69) is 164 Å². The molecule has 5 aromatic rings. The van der Waals surface area contributed by atoms with Crippen LogP contribution >= 0.6 is 0 Å². The summed E-state index contributed by atoms with van der Waals surface area (Å²) in [6.45, 7) is 19.0. The van der Waals surface area contributed by atoms with E-state index in [0.717, 1.165) is 62.0 Å². The Balaban J connectivity index is 0.00000221. The monoisotopic (exact) mass is 626 g/mol. The molecule has 0 bridgehead atoms. The fourth-order valence-electron chi connectivity index (χ4n) is 6.59. The van der Waals surface area contributed by atoms with E-state index in [1.807, 2.05) is 32.9 Å². The normalized spacial score (nSPS) is 15.4. The smallest absolute Gasteiger partial charge is 0.0627 e. The van der Waals surface area contributed by atoms with Gasteiger partial charge in [-0.1, -0.05) is 154 Å². The van der Waals surface area contributed by atoms with Crippen molar-refractivity contribution in [2.24, 2.45) is 0 Å². The molecular formula is C46H46N2. The van der Waals surface area contributed by atoms with Gasteiger partial charge in [-0.05, 0) is 67.7 Å². The SMILES string of the molecule is C=C/C=C(\C=C/C)n1c2ccccc2c2c(C(=C)/C=C\C=C/C)c(N/C(=C3/CC=C/C3=C/C)c3ccccc3)c3ccccc3c21.CC. The highest BCUT2D eigenvalue weighted by Crippen LogP contribution is 2.47. The first-order valence-electron chi connectivity index (χ1n) is 16.9. The number of fused-ring (bicyclic) bond motifs is 5. The zero-order valence-electron chi connectivity index (χ0n) is 28.9. The van der Waals surface area contributed by atoms with Gasteiger partial charge in [-0.3, -0.25) is 0 Å². The lowest BCUT2D eigenvalue weighted by molar-refractivity contribution is 1.24. The highest BCUT2D eigenvalue weighted by Gasteiger charge is 2.25. The van der Waals surface area contributed by atoms with Crippen LogP contribution in [0.4, 0.5) is 5.69 Å². The topological polar surface area (TPSA) is 17.0 Å². The predicted molar refractivity (Wildman–Crippen MR) is 215 cm³/mol. The van der Waals surface area contributed by atoms with Gasteiger partial charge in [0.1, 0.15) is 0 Å². The molecule has 48 heavy (non-hydrogen) atoms. The summed E-state index contributed by atoms with van der Waals surface area (Å²) in [5.41, 5.74) is 11.2. The van der Waals surface area contributed by atoms with Crippen molar-refractivity contribution < 1.29 is 0 Å². The van der Waals surface area contributed by atoms with E-state index in [0.29, 0.717) is 0 Å². The third-order valence-corrected chi connectivity index (χ3v) is 8.53. The first-order chi connectivity index (χ1) is 23.6. The summed E-state index contributed by atoms with van der Waals surface area (Å²) in [6, 6.07) is 28.1. The molecule has 0 fully saturated rings. The van der Waals surface area contributed by atoms with E-state index >= 15 is 0 Å². The largest absolute Gasteiger partial charge is 0.354 e. The Morgan fingerprint density at radius 2 is 1.48 bits per heavy atom. The van der Waals surface area contributed by atoms with Crippen LogP contribution in [-0.4, -0.2) is 4.57 Å². The average Bonchev–Trinajstić information content (AvgIpc) is 3.74. The molecule has 2 heteroatoms. The van der Waals surface area contributed by atoms with E-state index in [9.17, 15) is 0 Å². The van der Waals surface area contributed by atoms with Crippen LogP contribution in [0.1, 0.15) is 52.2 Å². The van der Waals surface area contributed by atoms with Gasteiger partial charge < -0.3 is 9.88 Å². The summed E-state index contributed by atoms with van der Waals surface area (Å²) in [4.78, 5) is 0. The Hall–Kier alpha value is -5.60. The predicted octanol–water partition coefficient (Wildman–Crippen LogP) is 13.5. The fraction of sp³-hybridized carbons (Fsp3) is 0.130. The van der Waals surface area contributed by atoms with E-state index in [-0.39, 0.29) is 0 Å². The maximum atomic E-state index is 4.70. The molecule has 6 rings (SSSR count). The highest BCUT2D eigenvalue weighted by atomic mass is 15.0. The minimum Gasteiger partial charge on any atom is -0.354 e. The molecule has 0 aliphatic heterocycles. The highest BCUT2D eigenvalue weighted by molar-refractivity contribution is 6.27. The maximum absolute atomic E-state index is 4.70. The molecule has 0 radical (unpaired) electrons. The van der Waals surface area contributed by atoms with Gasteiger partial charge in [0.05, 0.1) is 16.7 Å². The van der Waals surface area contributed by atoms with Gasteiger partial charge in [-0.2, -0.15) is 0 Å². The van der Waals surface area contributed by atoms with E-state index in [1.165, 1.54) is 21.9 Å². The first kappa shape index (κ1) is 33.8. The van der Waals surface area contributed by atoms with Crippen LogP contribution in [0, 0.1) is 0 Å². The summed E-state index contributed by atoms with van der Waals surface area (Å²) in [5, 5.41) is 8.70. The van der Waals surface area contributed by atoms with Crippen LogP contribution in [0.5, 0.6) is 0 Å². The van der Waals surface area contributed by atoms with Crippen molar-refractivity contribution in [3.05, 3.63) is 181 Å². The molecule has 0 saturated heterocycles. The van der Waals surface area contributed by atoms with Gasteiger partial charge >= 0.3 is 0 Å². The van der Waals surface area contributed by atoms with Crippen molar-refractivity contribution in [2.45, 2.75) is 41.0 Å². The number of aromatic nitrogens is 1. The number of hydrogen-bond donors (Lipinski definition) is 1. The van der Waals surface area contributed by atoms with Crippen LogP contribution in [0.2, 0.25) is 0 Å². The van der Waals surface area contributed by atoms with Crippen LogP contribution < -0.4 is 5.32 Å². The molecule has 240 valence electrons. The second kappa shape index (κ2) is 15.8. The minimum absolute atomic E-state index is 0.868. The third-order valence-electron chi connectivity index (χ3n) is 8.53. The summed E-state index contributed by atoms with van der Waals surface area (Å²) in [6.07, 6.45) is 24.0. The van der Waals surface area contributed by atoms with Crippen molar-refractivity contribution in [3.8, 4) is 0 Å². The van der Waals surface area contributed by atoms with Gasteiger partial charge in [0.25, 0.3) is 0 Å². The lowest BCUT2D eigenvalue weighted by atomic mass is 9.92. The molecule has 1 N–H and O–H groups in total. The molecule has 0 saturated carbocycles. The quantitative estimate of drug-likeness (QED) is 0.161. The van der Waals surface area contributed by atoms with Crippen molar-refractivity contribution >= 4 is 55.2 Å². The number of para-hydroxylation sites is 1. The Bertz CT molecular complexity index is 2190. The second-order valence-electron chi connectivity index (χ2n) is 11.3. The van der Waals surface area contributed by atoms with Gasteiger partial charge in [0, 0.05) is 38.5 Å². The van der Waals surface area contributed by atoms with E-state index < -0.39 is 0 Å². The van der Waals surface area contributed by atoms with E-state index in [1.54, 1.807) is 0 Å². The number of nitrogens with zero attached hydrogens (tertiary/aromatic N) is 1. The molecule has 0 unspecified atom stereocenters. The molecule has 1 heterocycles. The van der Waals surface area contributed by atoms with Gasteiger partial charge in [-0.25, -0.2) is 0 Å². The number of benzene rings is 4. The first-order valence-corrected chi connectivity index (χ1v) is 16.9. The van der Waals surface area contributed by atoms with Gasteiger partial charge in [-0.15, -0.1) is 0 Å². The molecule has 0 spiro atoms. The van der Waals surface area contributed by atoms with Crippen LogP contribution in [-0.2, 0) is 0 Å². The summed E-state index contributed by atoms with van der Waals surface area (Å²) in [7, 11) is 0. The summed E-state index contributed by atoms with van der Waals surface area (Å²) >= 11 is 0. The zero-order chi connectivity index (χ0) is 34.0. The molecule has 0 atom stereocenters. The van der Waals surface area contributed by atoms with Crippen LogP contribution in [0.25, 0.3) is 49.5 Å². The standard InChI is InChI=1S/C44H40N2.C2H6/c1-6-10-12-22-31(5)40-41-38-28-17-18-30-39(38)46(34(20-7-2)21-8-3)44(41)37-27-16-15-26-36(37)43(40)45-42(33-23-13-11-14-24-33)35-29-19-25-32(35)9-4;1-2/h6-28,30,45H,2,5,29H2,1,3-4H3;1-2H3/b10-6-,21-8-,22-12-,32-9-,34-20+,42-35-;. The average molecular weight is 627 g/mol. The number of nitrogens with one attached hydrogen (secondary N) is 1. The lowest BCUT2D eigenvalue weighted by Gasteiger charge is -2.23. The fourth-order valence-corrected chi connectivity index (χ4v) is 6.59. The lowest BCUT2D eigenvalue weighted by Crippen LogP contribution is -2.07. The molecule has 1 aliphatic carbocycles. The Morgan fingerprint density at radius 3 is 2.17 bits per heavy atom. The van der Waals surface area contributed by atoms with Crippen molar-refractivity contribution in [3.63, 3.8) is 0 Å². The number of anilines is 1. The van der Waals surface area contributed by atoms with Crippen molar-refractivity contribution in [2.75, 3.05) is 5.32 Å². The molecule has 1 aromatic heterocycles. The number of allylic oxidation sites excluding steroid dienone is 15. The number of rotatable bonds is 9.